The molecule has 1 radical (unpaired) electrons. The van der Waals surface area contributed by atoms with E-state index >= 15 is 0 Å². The number of hydrogen-bond donors (Lipinski definition) is 1. The summed E-state index contributed by atoms with van der Waals surface area (Å²) in [5.74, 6) is 0.970. The van der Waals surface area contributed by atoms with E-state index in [-0.39, 0.29) is 0 Å². The number of aromatic nitrogens is 2. The van der Waals surface area contributed by atoms with Gasteiger partial charge in [0.2, 0.25) is 0 Å². The Morgan fingerprint density at radius 1 is 1.06 bits per heavy atom. The van der Waals surface area contributed by atoms with Gasteiger partial charge in [-0.1, -0.05) is 56.5 Å². The molecule has 0 fully saturated rings. The minimum absolute atomic E-state index is 0.970. The van der Waals surface area contributed by atoms with Gasteiger partial charge < -0.3 is 4.98 Å². The molecule has 0 spiro atoms. The highest BCUT2D eigenvalue weighted by Crippen LogP contribution is 2.15. The summed E-state index contributed by atoms with van der Waals surface area (Å²) in [6.07, 6.45) is 7.79. The van der Waals surface area contributed by atoms with Crippen LogP contribution in [0.25, 0.3) is 11.4 Å². The highest BCUT2D eigenvalue weighted by atomic mass is 14.9. The molecule has 2 aromatic rings. The first-order chi connectivity index (χ1) is 8.40. The summed E-state index contributed by atoms with van der Waals surface area (Å²) < 4.78 is 0. The number of aryl methyl sites for hydroxylation is 1. The van der Waals surface area contributed by atoms with E-state index in [1.54, 1.807) is 0 Å². The summed E-state index contributed by atoms with van der Waals surface area (Å²) in [5, 5.41) is 0. The largest absolute Gasteiger partial charge is 0.344 e. The van der Waals surface area contributed by atoms with Crippen molar-refractivity contribution in [1.82, 2.24) is 9.97 Å². The van der Waals surface area contributed by atoms with Crippen molar-refractivity contribution in [3.8, 4) is 11.4 Å². The van der Waals surface area contributed by atoms with Crippen LogP contribution in [-0.4, -0.2) is 9.97 Å². The lowest BCUT2D eigenvalue weighted by atomic mass is 10.1. The fourth-order valence-electron chi connectivity index (χ4n) is 1.89. The van der Waals surface area contributed by atoms with Crippen molar-refractivity contribution in [1.29, 1.82) is 0 Å². The van der Waals surface area contributed by atoms with E-state index in [1.165, 1.54) is 19.3 Å². The Labute approximate surface area is 103 Å². The summed E-state index contributed by atoms with van der Waals surface area (Å²) in [5.41, 5.74) is 2.31. The standard InChI is InChI=1S/C15H19N2/c1-2-3-4-8-11-14-12-16-15(17-14)13-9-6-5-7-10-13/h5-7,9-10,12H,1-4,8,11H2,(H,16,17). The Bertz CT molecular complexity index is 431. The molecular formula is C15H19N2. The summed E-state index contributed by atoms with van der Waals surface area (Å²) in [6.45, 7) is 3.85. The molecule has 0 aliphatic carbocycles. The van der Waals surface area contributed by atoms with Crippen LogP contribution in [0.5, 0.6) is 0 Å². The minimum Gasteiger partial charge on any atom is -0.344 e. The van der Waals surface area contributed by atoms with Gasteiger partial charge in [-0.3, -0.25) is 0 Å². The third-order valence-electron chi connectivity index (χ3n) is 2.86. The van der Waals surface area contributed by atoms with Crippen LogP contribution in [0.4, 0.5) is 0 Å². The SMILES string of the molecule is [CH2]CCCCCc1c[nH]c(-c2ccccc2)n1. The Balaban J connectivity index is 1.92. The lowest BCUT2D eigenvalue weighted by molar-refractivity contribution is 0.680. The van der Waals surface area contributed by atoms with Crippen LogP contribution in [0.2, 0.25) is 0 Å². The molecule has 1 aromatic heterocycles. The predicted molar refractivity (Wildman–Crippen MR) is 71.6 cm³/mol. The Hall–Kier alpha value is -1.57. The lowest BCUT2D eigenvalue weighted by Gasteiger charge is -1.96. The number of H-pyrrole nitrogens is 1. The zero-order valence-electron chi connectivity index (χ0n) is 10.2. The van der Waals surface area contributed by atoms with E-state index in [2.05, 4.69) is 29.0 Å². The quantitative estimate of drug-likeness (QED) is 0.742. The van der Waals surface area contributed by atoms with E-state index in [0.29, 0.717) is 0 Å². The number of hydrogen-bond acceptors (Lipinski definition) is 1. The van der Waals surface area contributed by atoms with Gasteiger partial charge in [-0.2, -0.15) is 0 Å². The molecule has 0 bridgehead atoms. The molecule has 89 valence electrons. The molecule has 17 heavy (non-hydrogen) atoms. The van der Waals surface area contributed by atoms with Crippen LogP contribution < -0.4 is 0 Å². The van der Waals surface area contributed by atoms with Crippen LogP contribution in [0.1, 0.15) is 31.4 Å². The van der Waals surface area contributed by atoms with E-state index in [0.717, 1.165) is 29.9 Å². The molecule has 1 aromatic carbocycles. The number of rotatable bonds is 6. The maximum Gasteiger partial charge on any atom is 0.137 e. The van der Waals surface area contributed by atoms with Crippen molar-refractivity contribution in [2.75, 3.05) is 0 Å². The smallest absolute Gasteiger partial charge is 0.137 e. The molecule has 2 heteroatoms. The summed E-state index contributed by atoms with van der Waals surface area (Å²) in [6, 6.07) is 10.2. The van der Waals surface area contributed by atoms with Crippen molar-refractivity contribution in [2.45, 2.75) is 32.1 Å². The number of nitrogens with one attached hydrogen (secondary N) is 1. The molecule has 0 saturated carbocycles. The highest BCUT2D eigenvalue weighted by molar-refractivity contribution is 5.54. The van der Waals surface area contributed by atoms with Crippen LogP contribution in [0.15, 0.2) is 36.5 Å². The molecule has 1 heterocycles. The molecule has 0 aliphatic rings. The van der Waals surface area contributed by atoms with Crippen molar-refractivity contribution >= 4 is 0 Å². The lowest BCUT2D eigenvalue weighted by Crippen LogP contribution is -1.86. The molecule has 2 nitrogen and oxygen atoms in total. The maximum atomic E-state index is 4.61. The van der Waals surface area contributed by atoms with Gasteiger partial charge in [-0.05, 0) is 12.8 Å². The first-order valence-corrected chi connectivity index (χ1v) is 6.29. The monoisotopic (exact) mass is 227 g/mol. The molecule has 0 atom stereocenters. The second kappa shape index (κ2) is 6.24. The Morgan fingerprint density at radius 3 is 2.65 bits per heavy atom. The fourth-order valence-corrected chi connectivity index (χ4v) is 1.89. The molecule has 0 unspecified atom stereocenters. The number of nitrogens with zero attached hydrogens (tertiary/aromatic N) is 1. The van der Waals surface area contributed by atoms with Gasteiger partial charge in [0, 0.05) is 11.8 Å². The highest BCUT2D eigenvalue weighted by Gasteiger charge is 2.02. The molecule has 2 rings (SSSR count). The van der Waals surface area contributed by atoms with E-state index in [4.69, 9.17) is 0 Å². The van der Waals surface area contributed by atoms with E-state index < -0.39 is 0 Å². The van der Waals surface area contributed by atoms with Crippen LogP contribution in [-0.2, 0) is 6.42 Å². The van der Waals surface area contributed by atoms with Gasteiger partial charge in [0.05, 0.1) is 5.69 Å². The Kier molecular flexibility index (Phi) is 4.37. The molecule has 1 N–H and O–H groups in total. The first kappa shape index (κ1) is 11.9. The van der Waals surface area contributed by atoms with Crippen molar-refractivity contribution in [2.24, 2.45) is 0 Å². The van der Waals surface area contributed by atoms with E-state index in [1.807, 2.05) is 24.4 Å². The first-order valence-electron chi connectivity index (χ1n) is 6.29. The molecule has 0 aliphatic heterocycles. The molecular weight excluding hydrogens is 208 g/mol. The number of unbranched alkanes of at least 4 members (excludes halogenated alkanes) is 3. The van der Waals surface area contributed by atoms with Crippen LogP contribution in [0.3, 0.4) is 0 Å². The second-order valence-corrected chi connectivity index (χ2v) is 4.27. The van der Waals surface area contributed by atoms with Gasteiger partial charge in [0.15, 0.2) is 0 Å². The topological polar surface area (TPSA) is 28.7 Å². The zero-order valence-corrected chi connectivity index (χ0v) is 10.2. The third kappa shape index (κ3) is 3.45. The van der Waals surface area contributed by atoms with Gasteiger partial charge in [-0.25, -0.2) is 4.98 Å². The van der Waals surface area contributed by atoms with Gasteiger partial charge in [0.25, 0.3) is 0 Å². The van der Waals surface area contributed by atoms with Crippen LogP contribution in [0, 0.1) is 6.92 Å². The maximum absolute atomic E-state index is 4.61. The average Bonchev–Trinajstić information content (AvgIpc) is 2.85. The third-order valence-corrected chi connectivity index (χ3v) is 2.86. The summed E-state index contributed by atoms with van der Waals surface area (Å²) in [4.78, 5) is 7.85. The van der Waals surface area contributed by atoms with Gasteiger partial charge in [0.1, 0.15) is 5.82 Å². The van der Waals surface area contributed by atoms with Crippen molar-refractivity contribution in [3.63, 3.8) is 0 Å². The normalized spacial score (nSPS) is 10.6. The number of aromatic amines is 1. The van der Waals surface area contributed by atoms with Crippen molar-refractivity contribution < 1.29 is 0 Å². The minimum atomic E-state index is 0.970. The van der Waals surface area contributed by atoms with Gasteiger partial charge >= 0.3 is 0 Å². The number of benzene rings is 1. The zero-order chi connectivity index (χ0) is 11.9. The van der Waals surface area contributed by atoms with Crippen molar-refractivity contribution in [3.05, 3.63) is 49.1 Å². The number of imidazole rings is 1. The second-order valence-electron chi connectivity index (χ2n) is 4.27. The summed E-state index contributed by atoms with van der Waals surface area (Å²) in [7, 11) is 0. The average molecular weight is 227 g/mol. The Morgan fingerprint density at radius 2 is 1.88 bits per heavy atom. The molecule has 0 amide bonds. The van der Waals surface area contributed by atoms with Crippen LogP contribution >= 0.6 is 0 Å². The fraction of sp³-hybridized carbons (Fsp3) is 0.333. The van der Waals surface area contributed by atoms with E-state index in [9.17, 15) is 0 Å². The summed E-state index contributed by atoms with van der Waals surface area (Å²) >= 11 is 0. The van der Waals surface area contributed by atoms with Gasteiger partial charge in [-0.15, -0.1) is 0 Å². The molecule has 0 saturated heterocycles. The predicted octanol–water partition coefficient (Wildman–Crippen LogP) is 4.01.